The molecule has 5 heteroatoms. The normalized spacial score (nSPS) is 18.6. The predicted molar refractivity (Wildman–Crippen MR) is 109 cm³/mol. The van der Waals surface area contributed by atoms with Gasteiger partial charge in [0.25, 0.3) is 0 Å². The van der Waals surface area contributed by atoms with E-state index in [0.717, 1.165) is 45.4 Å². The maximum absolute atomic E-state index is 10.8. The molecule has 1 unspecified atom stereocenters. The molecular weight excluding hydrogens is 352 g/mol. The second-order valence-corrected chi connectivity index (χ2v) is 7.68. The summed E-state index contributed by atoms with van der Waals surface area (Å²) in [6, 6.07) is 10.5. The van der Waals surface area contributed by atoms with Gasteiger partial charge in [-0.25, -0.2) is 0 Å². The van der Waals surface area contributed by atoms with Gasteiger partial charge >= 0.3 is 5.97 Å². The van der Waals surface area contributed by atoms with Crippen LogP contribution in [0.25, 0.3) is 12.2 Å². The molecule has 2 aliphatic rings. The van der Waals surface area contributed by atoms with Crippen molar-refractivity contribution in [1.82, 2.24) is 9.88 Å². The average molecular weight is 380 g/mol. The first kappa shape index (κ1) is 19.0. The highest BCUT2D eigenvalue weighted by Gasteiger charge is 2.21. The van der Waals surface area contributed by atoms with Crippen LogP contribution in [0.1, 0.15) is 36.1 Å². The van der Waals surface area contributed by atoms with Crippen molar-refractivity contribution in [2.45, 2.75) is 44.8 Å². The molecule has 28 heavy (non-hydrogen) atoms. The van der Waals surface area contributed by atoms with Gasteiger partial charge < -0.3 is 14.8 Å². The molecule has 148 valence electrons. The van der Waals surface area contributed by atoms with Gasteiger partial charge in [0, 0.05) is 42.5 Å². The van der Waals surface area contributed by atoms with Crippen molar-refractivity contribution in [3.05, 3.63) is 57.7 Å². The monoisotopic (exact) mass is 380 g/mol. The summed E-state index contributed by atoms with van der Waals surface area (Å²) >= 11 is 0. The Labute approximate surface area is 165 Å². The number of hydrogen-bond acceptors (Lipinski definition) is 3. The molecule has 1 atom stereocenters. The summed E-state index contributed by atoms with van der Waals surface area (Å²) in [7, 11) is 0. The van der Waals surface area contributed by atoms with E-state index in [-0.39, 0.29) is 12.5 Å². The summed E-state index contributed by atoms with van der Waals surface area (Å²) in [6.07, 6.45) is 8.82. The highest BCUT2D eigenvalue weighted by atomic mass is 16.5. The van der Waals surface area contributed by atoms with Crippen LogP contribution in [0.15, 0.2) is 30.3 Å². The number of nitrogens with zero attached hydrogens (tertiary/aromatic N) is 1. The quantitative estimate of drug-likeness (QED) is 0.686. The van der Waals surface area contributed by atoms with Crippen LogP contribution >= 0.6 is 0 Å². The average Bonchev–Trinajstić information content (AvgIpc) is 3.07. The lowest BCUT2D eigenvalue weighted by Crippen LogP contribution is -2.36. The van der Waals surface area contributed by atoms with Gasteiger partial charge in [-0.1, -0.05) is 36.4 Å². The fourth-order valence-electron chi connectivity index (χ4n) is 4.18. The third-order valence-electron chi connectivity index (χ3n) is 5.66. The number of aliphatic carboxylic acids is 1. The molecule has 5 nitrogen and oxygen atoms in total. The number of aromatic nitrogens is 1. The van der Waals surface area contributed by atoms with Crippen molar-refractivity contribution in [1.29, 1.82) is 0 Å². The van der Waals surface area contributed by atoms with E-state index in [9.17, 15) is 4.79 Å². The Morgan fingerprint density at radius 2 is 2.14 bits per heavy atom. The van der Waals surface area contributed by atoms with Gasteiger partial charge in [0.2, 0.25) is 0 Å². The Morgan fingerprint density at radius 3 is 2.96 bits per heavy atom. The molecule has 2 aromatic rings. The van der Waals surface area contributed by atoms with E-state index in [4.69, 9.17) is 9.84 Å². The molecule has 0 saturated heterocycles. The number of carboxylic acids is 1. The van der Waals surface area contributed by atoms with E-state index in [0.29, 0.717) is 6.54 Å². The van der Waals surface area contributed by atoms with Gasteiger partial charge in [-0.15, -0.1) is 0 Å². The number of aryl methyl sites for hydroxylation is 1. The molecule has 1 aliphatic carbocycles. The Bertz CT molecular complexity index is 933. The Balaban J connectivity index is 1.35. The number of carbonyl (C=O) groups is 1. The fourth-order valence-corrected chi connectivity index (χ4v) is 4.18. The minimum absolute atomic E-state index is 0.146. The fraction of sp³-hybridized carbons (Fsp3) is 0.435. The summed E-state index contributed by atoms with van der Waals surface area (Å²) in [6.45, 7) is 3.11. The summed E-state index contributed by atoms with van der Waals surface area (Å²) in [5, 5.41) is 11.4. The number of ether oxygens (including phenoxy) is 1. The van der Waals surface area contributed by atoms with E-state index < -0.39 is 5.97 Å². The van der Waals surface area contributed by atoms with Crippen molar-refractivity contribution in [3.63, 3.8) is 0 Å². The third-order valence-corrected chi connectivity index (χ3v) is 5.66. The molecule has 1 aromatic heterocycles. The molecule has 0 saturated carbocycles. The first-order valence-corrected chi connectivity index (χ1v) is 10.2. The Kier molecular flexibility index (Phi) is 5.93. The van der Waals surface area contributed by atoms with Gasteiger partial charge in [-0.05, 0) is 42.9 Å². The molecular formula is C23H28N2O3. The van der Waals surface area contributed by atoms with E-state index in [1.807, 2.05) is 6.07 Å². The molecule has 0 radical (unpaired) electrons. The standard InChI is InChI=1S/C23H28N2O3/c26-23(27)11-13-25-12-10-19-20-15-18(8-9-21(20)24-22(19)16-25)28-14-4-7-17-5-2-1-3-6-17/h1-3,5-6,9,15,18,24H,4,7-8,10-14,16H2,(H,26,27). The number of aromatic amines is 1. The van der Waals surface area contributed by atoms with Crippen molar-refractivity contribution in [2.24, 2.45) is 0 Å². The SMILES string of the molecule is O=C(O)CCN1CCc2c([nH]c3c2=CC(OCCCc2ccccc2)CC=3)C1. The zero-order valence-corrected chi connectivity index (χ0v) is 16.2. The van der Waals surface area contributed by atoms with E-state index in [1.54, 1.807) is 0 Å². The van der Waals surface area contributed by atoms with Crippen LogP contribution < -0.4 is 10.6 Å². The maximum atomic E-state index is 10.8. The molecule has 0 amide bonds. The second-order valence-electron chi connectivity index (χ2n) is 7.68. The topological polar surface area (TPSA) is 65.6 Å². The molecule has 1 aromatic carbocycles. The van der Waals surface area contributed by atoms with Gasteiger partial charge in [0.05, 0.1) is 12.5 Å². The lowest BCUT2D eigenvalue weighted by atomic mass is 10.0. The lowest BCUT2D eigenvalue weighted by molar-refractivity contribution is -0.137. The predicted octanol–water partition coefficient (Wildman–Crippen LogP) is 1.83. The number of nitrogens with one attached hydrogen (secondary N) is 1. The lowest BCUT2D eigenvalue weighted by Gasteiger charge is -2.26. The first-order chi connectivity index (χ1) is 13.7. The highest BCUT2D eigenvalue weighted by Crippen LogP contribution is 2.15. The zero-order valence-electron chi connectivity index (χ0n) is 16.2. The first-order valence-electron chi connectivity index (χ1n) is 10.2. The van der Waals surface area contributed by atoms with Gasteiger partial charge in [0.15, 0.2) is 0 Å². The van der Waals surface area contributed by atoms with Crippen LogP contribution in [-0.2, 0) is 28.9 Å². The van der Waals surface area contributed by atoms with Crippen molar-refractivity contribution in [3.8, 4) is 0 Å². The van der Waals surface area contributed by atoms with Crippen molar-refractivity contribution >= 4 is 18.1 Å². The second kappa shape index (κ2) is 8.76. The number of hydrogen-bond donors (Lipinski definition) is 2. The van der Waals surface area contributed by atoms with Crippen molar-refractivity contribution < 1.29 is 14.6 Å². The third kappa shape index (κ3) is 4.54. The van der Waals surface area contributed by atoms with Gasteiger partial charge in [-0.2, -0.15) is 0 Å². The van der Waals surface area contributed by atoms with Gasteiger partial charge in [0.1, 0.15) is 0 Å². The van der Waals surface area contributed by atoms with Crippen LogP contribution in [0.3, 0.4) is 0 Å². The smallest absolute Gasteiger partial charge is 0.304 e. The molecule has 2 heterocycles. The van der Waals surface area contributed by atoms with E-state index in [2.05, 4.69) is 46.3 Å². The van der Waals surface area contributed by atoms with Crippen LogP contribution in [0, 0.1) is 0 Å². The molecule has 0 fully saturated rings. The Morgan fingerprint density at radius 1 is 1.29 bits per heavy atom. The van der Waals surface area contributed by atoms with Gasteiger partial charge in [-0.3, -0.25) is 9.69 Å². The largest absolute Gasteiger partial charge is 0.481 e. The summed E-state index contributed by atoms with van der Waals surface area (Å²) < 4.78 is 6.13. The molecule has 0 bridgehead atoms. The van der Waals surface area contributed by atoms with Crippen LogP contribution in [0.2, 0.25) is 0 Å². The number of fused-ring (bicyclic) bond motifs is 3. The van der Waals surface area contributed by atoms with E-state index >= 15 is 0 Å². The molecule has 2 N–H and O–H groups in total. The summed E-state index contributed by atoms with van der Waals surface area (Å²) in [5.41, 5.74) is 3.98. The van der Waals surface area contributed by atoms with Crippen LogP contribution in [-0.4, -0.2) is 46.8 Å². The van der Waals surface area contributed by atoms with E-state index in [1.165, 1.54) is 27.4 Å². The van der Waals surface area contributed by atoms with Crippen LogP contribution in [0.4, 0.5) is 0 Å². The number of benzene rings is 1. The number of rotatable bonds is 8. The zero-order chi connectivity index (χ0) is 19.3. The minimum atomic E-state index is -0.731. The summed E-state index contributed by atoms with van der Waals surface area (Å²) in [5.74, 6) is -0.731. The van der Waals surface area contributed by atoms with Crippen LogP contribution in [0.5, 0.6) is 0 Å². The Hall–Kier alpha value is -2.37. The maximum Gasteiger partial charge on any atom is 0.304 e. The molecule has 4 rings (SSSR count). The minimum Gasteiger partial charge on any atom is -0.481 e. The number of carboxylic acid groups (broad SMARTS) is 1. The van der Waals surface area contributed by atoms with Crippen molar-refractivity contribution in [2.75, 3.05) is 19.7 Å². The summed E-state index contributed by atoms with van der Waals surface area (Å²) in [4.78, 5) is 16.6. The molecule has 0 spiro atoms. The highest BCUT2D eigenvalue weighted by molar-refractivity contribution is 5.66. The molecule has 1 aliphatic heterocycles. The number of H-pyrrole nitrogens is 1.